The van der Waals surface area contributed by atoms with E-state index >= 15 is 0 Å². The zero-order valence-electron chi connectivity index (χ0n) is 23.4. The van der Waals surface area contributed by atoms with E-state index in [1.165, 1.54) is 0 Å². The van der Waals surface area contributed by atoms with Crippen LogP contribution < -0.4 is 28.7 Å². The number of benzene rings is 4. The maximum absolute atomic E-state index is 13.3. The molecule has 208 valence electrons. The van der Waals surface area contributed by atoms with Gasteiger partial charge in [0.15, 0.2) is 0 Å². The third-order valence-corrected chi connectivity index (χ3v) is 8.59. The lowest BCUT2D eigenvalue weighted by atomic mass is 9.70. The van der Waals surface area contributed by atoms with Gasteiger partial charge < -0.3 is 38.3 Å². The van der Waals surface area contributed by atoms with Gasteiger partial charge in [-0.25, -0.2) is 4.98 Å². The van der Waals surface area contributed by atoms with Crippen LogP contribution in [0.5, 0.6) is 5.88 Å². The first-order valence-electron chi connectivity index (χ1n) is 13.5. The van der Waals surface area contributed by atoms with Gasteiger partial charge in [-0.3, -0.25) is 0 Å². The average Bonchev–Trinajstić information content (AvgIpc) is 2.96. The summed E-state index contributed by atoms with van der Waals surface area (Å²) in [5, 5.41) is 16.4. The van der Waals surface area contributed by atoms with Gasteiger partial charge in [0.2, 0.25) is 5.88 Å². The fourth-order valence-electron chi connectivity index (χ4n) is 5.54. The van der Waals surface area contributed by atoms with Crippen molar-refractivity contribution < 1.29 is 38.3 Å². The van der Waals surface area contributed by atoms with Crippen molar-refractivity contribution in [1.29, 1.82) is 0 Å². The van der Waals surface area contributed by atoms with Gasteiger partial charge in [0, 0.05) is 27.8 Å². The number of rotatable bonds is 9. The molecule has 0 radical (unpaired) electrons. The van der Waals surface area contributed by atoms with Crippen molar-refractivity contribution in [2.24, 2.45) is 0 Å². The number of quaternary nitrogens is 1. The molecule has 0 amide bonds. The van der Waals surface area contributed by atoms with Crippen molar-refractivity contribution in [3.63, 3.8) is 0 Å². The van der Waals surface area contributed by atoms with E-state index in [9.17, 15) is 5.11 Å². The summed E-state index contributed by atoms with van der Waals surface area (Å²) in [5.74, 6) is 0.105. The smallest absolute Gasteiger partial charge is 0.217 e. The summed E-state index contributed by atoms with van der Waals surface area (Å²) in [4.78, 5) is 4.92. The molecular weight excluding hydrogens is 675 g/mol. The monoisotopic (exact) mass is 710 g/mol. The largest absolute Gasteiger partial charge is 1.00 e. The molecule has 6 heteroatoms. The zero-order chi connectivity index (χ0) is 27.6. The lowest BCUT2D eigenvalue weighted by Gasteiger charge is -2.41. The molecule has 2 unspecified atom stereocenters. The summed E-state index contributed by atoms with van der Waals surface area (Å²) in [5.41, 5.74) is 2.41. The Kier molecular flexibility index (Phi) is 9.55. The van der Waals surface area contributed by atoms with Gasteiger partial charge in [-0.1, -0.05) is 88.7 Å². The molecule has 0 fully saturated rings. The van der Waals surface area contributed by atoms with Crippen molar-refractivity contribution in [2.75, 3.05) is 34.3 Å². The number of aliphatic hydroxyl groups is 1. The van der Waals surface area contributed by atoms with E-state index in [0.717, 1.165) is 60.4 Å². The van der Waals surface area contributed by atoms with Crippen LogP contribution >= 0.6 is 15.9 Å². The highest BCUT2D eigenvalue weighted by Gasteiger charge is 2.44. The van der Waals surface area contributed by atoms with Crippen LogP contribution in [0, 0.1) is 0 Å². The van der Waals surface area contributed by atoms with Gasteiger partial charge in [-0.15, -0.1) is 0 Å². The van der Waals surface area contributed by atoms with Crippen LogP contribution in [0.2, 0.25) is 0 Å². The van der Waals surface area contributed by atoms with Crippen molar-refractivity contribution in [3.8, 4) is 5.88 Å². The Bertz CT molecular complexity index is 1600. The molecule has 2 atom stereocenters. The van der Waals surface area contributed by atoms with E-state index < -0.39 is 11.5 Å². The molecule has 0 spiro atoms. The van der Waals surface area contributed by atoms with E-state index in [0.29, 0.717) is 12.3 Å². The van der Waals surface area contributed by atoms with Gasteiger partial charge in [0.25, 0.3) is 0 Å². The maximum Gasteiger partial charge on any atom is 0.217 e. The van der Waals surface area contributed by atoms with Gasteiger partial charge in [0.05, 0.1) is 39.8 Å². The van der Waals surface area contributed by atoms with E-state index in [4.69, 9.17) is 9.72 Å². The summed E-state index contributed by atoms with van der Waals surface area (Å²) in [6.07, 6.45) is 0.557. The lowest BCUT2D eigenvalue weighted by Crippen LogP contribution is -3.00. The minimum Gasteiger partial charge on any atom is -1.00 e. The van der Waals surface area contributed by atoms with Gasteiger partial charge in [0.1, 0.15) is 5.60 Å². The number of hydrogen-bond donors (Lipinski definition) is 1. The van der Waals surface area contributed by atoms with Crippen LogP contribution in [-0.2, 0) is 5.60 Å². The molecule has 0 bridgehead atoms. The molecule has 0 aliphatic heterocycles. The Hall–Kier alpha value is -2.52. The number of halogens is 2. The highest BCUT2D eigenvalue weighted by atomic mass is 127. The molecule has 1 N–H and O–H groups in total. The molecule has 40 heavy (non-hydrogen) atoms. The molecule has 0 aliphatic carbocycles. The third-order valence-electron chi connectivity index (χ3n) is 8.09. The summed E-state index contributed by atoms with van der Waals surface area (Å²) in [7, 11) is 6.10. The molecule has 1 heterocycles. The van der Waals surface area contributed by atoms with Crippen LogP contribution in [0.3, 0.4) is 0 Å². The van der Waals surface area contributed by atoms with Crippen LogP contribution in [0.4, 0.5) is 0 Å². The normalized spacial score (nSPS) is 13.9. The standard InChI is InChI=1S/C34H36BrN2O2.HI/c1-5-37(2,3)21-20-34(38,30-17-11-15-24-12-9-10-16-28(24)30)32(25-13-7-6-8-14-25)29-23-26-22-27(35)18-19-31(26)36-33(29)39-4;/h6-19,22-23,32,38H,5,20-21H2,1-4H3;1H/q+1;/p-1. The van der Waals surface area contributed by atoms with Crippen LogP contribution in [0.15, 0.2) is 102 Å². The van der Waals surface area contributed by atoms with Gasteiger partial charge >= 0.3 is 0 Å². The first kappa shape index (κ1) is 30.4. The lowest BCUT2D eigenvalue weighted by molar-refractivity contribution is -0.889. The Morgan fingerprint density at radius 3 is 2.33 bits per heavy atom. The molecule has 4 nitrogen and oxygen atoms in total. The second kappa shape index (κ2) is 12.6. The molecule has 0 saturated heterocycles. The Morgan fingerprint density at radius 1 is 0.900 bits per heavy atom. The van der Waals surface area contributed by atoms with Crippen molar-refractivity contribution in [1.82, 2.24) is 4.98 Å². The molecule has 5 rings (SSSR count). The number of fused-ring (bicyclic) bond motifs is 2. The molecule has 0 saturated carbocycles. The van der Waals surface area contributed by atoms with Crippen LogP contribution in [-0.4, -0.2) is 48.9 Å². The Labute approximate surface area is 262 Å². The minimum atomic E-state index is -1.25. The second-order valence-corrected chi connectivity index (χ2v) is 11.9. The Balaban J connectivity index is 0.00000370. The highest BCUT2D eigenvalue weighted by molar-refractivity contribution is 9.10. The summed E-state index contributed by atoms with van der Waals surface area (Å²) in [6, 6.07) is 33.0. The number of pyridine rings is 1. The number of nitrogens with zero attached hydrogens (tertiary/aromatic N) is 2. The summed E-state index contributed by atoms with van der Waals surface area (Å²) in [6.45, 7) is 3.96. The number of ether oxygens (including phenoxy) is 1. The first-order valence-corrected chi connectivity index (χ1v) is 14.3. The summed E-state index contributed by atoms with van der Waals surface area (Å²) < 4.78 is 7.72. The number of aromatic nitrogens is 1. The van der Waals surface area contributed by atoms with E-state index in [1.54, 1.807) is 7.11 Å². The molecule has 1 aromatic heterocycles. The van der Waals surface area contributed by atoms with E-state index in [-0.39, 0.29) is 24.0 Å². The summed E-state index contributed by atoms with van der Waals surface area (Å²) >= 11 is 3.62. The van der Waals surface area contributed by atoms with Gasteiger partial charge in [-0.05, 0) is 53.1 Å². The van der Waals surface area contributed by atoms with E-state index in [2.05, 4.69) is 91.5 Å². The highest BCUT2D eigenvalue weighted by Crippen LogP contribution is 2.49. The fraction of sp³-hybridized carbons (Fsp3) is 0.265. The molecule has 4 aromatic carbocycles. The quantitative estimate of drug-likeness (QED) is 0.179. The van der Waals surface area contributed by atoms with Crippen LogP contribution in [0.1, 0.15) is 36.0 Å². The third kappa shape index (κ3) is 6.05. The minimum absolute atomic E-state index is 0. The number of methoxy groups -OCH3 is 1. The van der Waals surface area contributed by atoms with Gasteiger partial charge in [-0.2, -0.15) is 0 Å². The van der Waals surface area contributed by atoms with E-state index in [1.807, 2.05) is 42.5 Å². The second-order valence-electron chi connectivity index (χ2n) is 10.9. The number of hydrogen-bond acceptors (Lipinski definition) is 3. The van der Waals surface area contributed by atoms with Crippen molar-refractivity contribution in [2.45, 2.75) is 24.9 Å². The average molecular weight is 711 g/mol. The fourth-order valence-corrected chi connectivity index (χ4v) is 5.92. The maximum atomic E-state index is 13.3. The first-order chi connectivity index (χ1) is 18.8. The topological polar surface area (TPSA) is 42.4 Å². The molecule has 0 aliphatic rings. The Morgan fingerprint density at radius 2 is 1.60 bits per heavy atom. The van der Waals surface area contributed by atoms with Crippen LogP contribution in [0.25, 0.3) is 21.7 Å². The van der Waals surface area contributed by atoms with Crippen molar-refractivity contribution in [3.05, 3.63) is 118 Å². The molecule has 5 aromatic rings. The van der Waals surface area contributed by atoms with Crippen molar-refractivity contribution >= 4 is 37.6 Å². The predicted octanol–water partition coefficient (Wildman–Crippen LogP) is 4.67. The predicted molar refractivity (Wildman–Crippen MR) is 164 cm³/mol. The SMILES string of the molecule is CC[N+](C)(C)CCC(O)(c1cccc2ccccc12)C(c1ccccc1)c1cc2cc(Br)ccc2nc1OC.[I-]. The molecular formula is C34H36BrIN2O2. The zero-order valence-corrected chi connectivity index (χ0v) is 27.2.